The van der Waals surface area contributed by atoms with E-state index < -0.39 is 0 Å². The third-order valence-electron chi connectivity index (χ3n) is 4.52. The Kier molecular flexibility index (Phi) is 8.82. The van der Waals surface area contributed by atoms with Gasteiger partial charge in [0, 0.05) is 51.0 Å². The molecule has 0 bridgehead atoms. The Balaban J connectivity index is 1.42. The fourth-order valence-corrected chi connectivity index (χ4v) is 3.33. The first-order chi connectivity index (χ1) is 15.2. The molecule has 0 atom stereocenters. The van der Waals surface area contributed by atoms with Crippen LogP contribution in [0.4, 0.5) is 0 Å². The molecule has 0 aliphatic carbocycles. The van der Waals surface area contributed by atoms with E-state index in [-0.39, 0.29) is 6.61 Å². The first kappa shape index (κ1) is 22.7. The monoisotopic (exact) mass is 458 g/mol. The lowest BCUT2D eigenvalue weighted by molar-refractivity contribution is -0.726. The molecule has 31 heavy (non-hydrogen) atoms. The molecule has 0 fully saturated rings. The van der Waals surface area contributed by atoms with Crippen molar-refractivity contribution in [1.82, 2.24) is 0 Å². The molecular weight excluding hydrogens is 435 g/mol. The maximum atomic E-state index is 6.12. The summed E-state index contributed by atoms with van der Waals surface area (Å²) in [6.07, 6.45) is 12.5. The Morgan fingerprint density at radius 2 is 1.32 bits per heavy atom. The smallest absolute Gasteiger partial charge is 0.169 e. The third kappa shape index (κ3) is 7.35. The SMILES string of the molecule is CO/N=C/c1cc[n+](CCC[n+]2ccc(/C=N/OCc3c(Cl)cccc3Cl)cc2)cc1. The lowest BCUT2D eigenvalue weighted by Gasteiger charge is -2.04. The van der Waals surface area contributed by atoms with Crippen LogP contribution in [0.2, 0.25) is 10.0 Å². The molecule has 6 nitrogen and oxygen atoms in total. The van der Waals surface area contributed by atoms with E-state index in [4.69, 9.17) is 28.0 Å². The van der Waals surface area contributed by atoms with E-state index in [9.17, 15) is 0 Å². The molecule has 0 N–H and O–H groups in total. The number of aromatic nitrogens is 2. The van der Waals surface area contributed by atoms with Crippen LogP contribution < -0.4 is 9.13 Å². The molecule has 8 heteroatoms. The first-order valence-electron chi connectivity index (χ1n) is 9.78. The number of oxime groups is 2. The molecule has 1 aromatic carbocycles. The predicted molar refractivity (Wildman–Crippen MR) is 121 cm³/mol. The number of hydrogen-bond acceptors (Lipinski definition) is 4. The second-order valence-electron chi connectivity index (χ2n) is 6.72. The molecule has 2 heterocycles. The zero-order chi connectivity index (χ0) is 21.9. The summed E-state index contributed by atoms with van der Waals surface area (Å²) in [6.45, 7) is 2.06. The van der Waals surface area contributed by atoms with E-state index in [2.05, 4.69) is 24.3 Å². The average molecular weight is 459 g/mol. The summed E-state index contributed by atoms with van der Waals surface area (Å²) in [6, 6.07) is 13.3. The van der Waals surface area contributed by atoms with Crippen molar-refractivity contribution in [3.8, 4) is 0 Å². The molecule has 160 valence electrons. The van der Waals surface area contributed by atoms with Crippen molar-refractivity contribution in [3.05, 3.63) is 94.0 Å². The van der Waals surface area contributed by atoms with E-state index in [1.807, 2.05) is 49.1 Å². The molecule has 0 aliphatic rings. The van der Waals surface area contributed by atoms with Gasteiger partial charge in [-0.25, -0.2) is 9.13 Å². The van der Waals surface area contributed by atoms with Gasteiger partial charge in [-0.3, -0.25) is 0 Å². The minimum Gasteiger partial charge on any atom is -0.399 e. The van der Waals surface area contributed by atoms with Crippen LogP contribution in [0.15, 0.2) is 77.6 Å². The fourth-order valence-electron chi connectivity index (χ4n) is 2.83. The minimum absolute atomic E-state index is 0.222. The highest BCUT2D eigenvalue weighted by Crippen LogP contribution is 2.24. The number of aryl methyl sites for hydroxylation is 2. The number of nitrogens with zero attached hydrogens (tertiary/aromatic N) is 4. The van der Waals surface area contributed by atoms with Crippen molar-refractivity contribution in [2.45, 2.75) is 26.1 Å². The van der Waals surface area contributed by atoms with Gasteiger partial charge in [0.25, 0.3) is 0 Å². The highest BCUT2D eigenvalue weighted by atomic mass is 35.5. The first-order valence-corrected chi connectivity index (χ1v) is 10.5. The van der Waals surface area contributed by atoms with Crippen LogP contribution in [-0.4, -0.2) is 19.5 Å². The summed E-state index contributed by atoms with van der Waals surface area (Å²) < 4.78 is 4.29. The Bertz CT molecular complexity index is 1000. The summed E-state index contributed by atoms with van der Waals surface area (Å²) in [5.41, 5.74) is 2.68. The molecule has 2 aromatic heterocycles. The van der Waals surface area contributed by atoms with Gasteiger partial charge in [-0.2, -0.15) is 0 Å². The number of rotatable bonds is 10. The molecule has 0 unspecified atom stereocenters. The number of pyridine rings is 2. The van der Waals surface area contributed by atoms with Gasteiger partial charge in [0.1, 0.15) is 13.7 Å². The molecular formula is C23H24Cl2N4O2+2. The quantitative estimate of drug-likeness (QED) is 0.259. The van der Waals surface area contributed by atoms with Crippen LogP contribution in [-0.2, 0) is 29.4 Å². The van der Waals surface area contributed by atoms with Crippen LogP contribution in [0.3, 0.4) is 0 Å². The zero-order valence-corrected chi connectivity index (χ0v) is 18.7. The Hall–Kier alpha value is -2.96. The van der Waals surface area contributed by atoms with E-state index >= 15 is 0 Å². The van der Waals surface area contributed by atoms with Crippen molar-refractivity contribution in [2.75, 3.05) is 7.11 Å². The van der Waals surface area contributed by atoms with Crippen LogP contribution in [0.5, 0.6) is 0 Å². The summed E-state index contributed by atoms with van der Waals surface area (Å²) >= 11 is 12.2. The Morgan fingerprint density at radius 1 is 0.806 bits per heavy atom. The van der Waals surface area contributed by atoms with Gasteiger partial charge in [0.15, 0.2) is 37.9 Å². The van der Waals surface area contributed by atoms with Gasteiger partial charge < -0.3 is 9.68 Å². The van der Waals surface area contributed by atoms with Crippen molar-refractivity contribution >= 4 is 35.6 Å². The lowest BCUT2D eigenvalue weighted by Crippen LogP contribution is -2.38. The zero-order valence-electron chi connectivity index (χ0n) is 17.2. The average Bonchev–Trinajstić information content (AvgIpc) is 2.79. The molecule has 3 rings (SSSR count). The van der Waals surface area contributed by atoms with Crippen molar-refractivity contribution in [1.29, 1.82) is 0 Å². The van der Waals surface area contributed by atoms with E-state index in [1.165, 1.54) is 7.11 Å². The maximum absolute atomic E-state index is 6.12. The summed E-state index contributed by atoms with van der Waals surface area (Å²) in [5, 5.41) is 8.90. The fraction of sp³-hybridized carbons (Fsp3) is 0.217. The van der Waals surface area contributed by atoms with E-state index in [1.54, 1.807) is 30.6 Å². The largest absolute Gasteiger partial charge is 0.399 e. The summed E-state index contributed by atoms with van der Waals surface area (Å²) in [7, 11) is 1.53. The maximum Gasteiger partial charge on any atom is 0.169 e. The molecule has 0 spiro atoms. The van der Waals surface area contributed by atoms with Crippen LogP contribution in [0.25, 0.3) is 0 Å². The number of benzene rings is 1. The number of hydrogen-bond donors (Lipinski definition) is 0. The third-order valence-corrected chi connectivity index (χ3v) is 5.23. The second-order valence-corrected chi connectivity index (χ2v) is 7.53. The van der Waals surface area contributed by atoms with Crippen LogP contribution >= 0.6 is 23.2 Å². The van der Waals surface area contributed by atoms with E-state index in [0.29, 0.717) is 10.0 Å². The Morgan fingerprint density at radius 3 is 1.84 bits per heavy atom. The number of halogens is 2. The van der Waals surface area contributed by atoms with Crippen molar-refractivity contribution in [3.63, 3.8) is 0 Å². The standard InChI is InChI=1S/C23H24Cl2N4O2/c1-30-26-16-19-6-12-28(13-7-19)10-3-11-29-14-8-20(9-15-29)17-27-31-18-21-22(24)4-2-5-23(21)25/h2,4-9,12-17H,3,10-11,18H2,1H3/q+2/b26-16+,27-17+. The molecule has 0 saturated heterocycles. The highest BCUT2D eigenvalue weighted by molar-refractivity contribution is 6.35. The van der Waals surface area contributed by atoms with Crippen molar-refractivity contribution < 1.29 is 18.8 Å². The summed E-state index contributed by atoms with van der Waals surface area (Å²) in [5.74, 6) is 0. The Labute approximate surface area is 191 Å². The summed E-state index contributed by atoms with van der Waals surface area (Å²) in [4.78, 5) is 10.0. The molecule has 0 saturated carbocycles. The highest BCUT2D eigenvalue weighted by Gasteiger charge is 2.06. The minimum atomic E-state index is 0.222. The molecule has 0 aliphatic heterocycles. The van der Waals surface area contributed by atoms with E-state index in [0.717, 1.165) is 36.2 Å². The van der Waals surface area contributed by atoms with Crippen molar-refractivity contribution in [2.24, 2.45) is 10.3 Å². The van der Waals surface area contributed by atoms with Gasteiger partial charge in [0.2, 0.25) is 0 Å². The topological polar surface area (TPSA) is 50.9 Å². The van der Waals surface area contributed by atoms with Gasteiger partial charge in [0.05, 0.1) is 18.9 Å². The molecule has 0 amide bonds. The van der Waals surface area contributed by atoms with Gasteiger partial charge in [-0.05, 0) is 12.1 Å². The second kappa shape index (κ2) is 12.0. The predicted octanol–water partition coefficient (Wildman–Crippen LogP) is 4.19. The lowest BCUT2D eigenvalue weighted by atomic mass is 10.2. The molecule has 0 radical (unpaired) electrons. The van der Waals surface area contributed by atoms with Gasteiger partial charge in [-0.1, -0.05) is 39.6 Å². The normalized spacial score (nSPS) is 11.3. The van der Waals surface area contributed by atoms with Gasteiger partial charge >= 0.3 is 0 Å². The molecule has 3 aromatic rings. The van der Waals surface area contributed by atoms with Crippen LogP contribution in [0.1, 0.15) is 23.1 Å². The van der Waals surface area contributed by atoms with Crippen LogP contribution in [0, 0.1) is 0 Å². The van der Waals surface area contributed by atoms with Gasteiger partial charge in [-0.15, -0.1) is 0 Å².